The first-order valence-corrected chi connectivity index (χ1v) is 22.0. The third-order valence-corrected chi connectivity index (χ3v) is 11.0. The largest absolute Gasteiger partial charge is 0.490 e. The number of imide groups is 1. The van der Waals surface area contributed by atoms with E-state index < -0.39 is 89.5 Å². The summed E-state index contributed by atoms with van der Waals surface area (Å²) in [6.07, 6.45) is -1.75. The van der Waals surface area contributed by atoms with Crippen LogP contribution in [0.5, 0.6) is 0 Å². The van der Waals surface area contributed by atoms with Crippen molar-refractivity contribution in [3.8, 4) is 11.1 Å². The normalized spacial score (nSPS) is 13.4. The van der Waals surface area contributed by atoms with E-state index in [1.807, 2.05) is 55.7 Å². The van der Waals surface area contributed by atoms with Crippen LogP contribution in [-0.4, -0.2) is 122 Å². The number of carbonyl (C=O) groups is 8. The van der Waals surface area contributed by atoms with Crippen molar-refractivity contribution in [2.45, 2.75) is 65.2 Å². The number of carboxylic acid groups (broad SMARTS) is 2. The van der Waals surface area contributed by atoms with E-state index in [0.717, 1.165) is 52.6 Å². The number of aliphatic carboxylic acids is 2. The summed E-state index contributed by atoms with van der Waals surface area (Å²) in [6, 6.07) is 14.0. The molecule has 1 aromatic heterocycles. The predicted octanol–water partition coefficient (Wildman–Crippen LogP) is 4.71. The highest BCUT2D eigenvalue weighted by Gasteiger charge is 2.39. The minimum Gasteiger partial charge on any atom is -0.481 e. The molecule has 0 spiro atoms. The average molecular weight is 965 g/mol. The van der Waals surface area contributed by atoms with E-state index in [2.05, 4.69) is 10.6 Å². The van der Waals surface area contributed by atoms with E-state index in [1.165, 1.54) is 0 Å². The van der Waals surface area contributed by atoms with E-state index in [4.69, 9.17) is 20.7 Å². The number of ketones is 1. The number of Topliss-reactive ketones (excluding diaryl/α,β-unsaturated/α-hetero) is 1. The van der Waals surface area contributed by atoms with Gasteiger partial charge in [0, 0.05) is 79.9 Å². The highest BCUT2D eigenvalue weighted by atomic mass is 32.2. The second-order valence-electron chi connectivity index (χ2n) is 16.3. The molecule has 0 radical (unpaired) electrons. The van der Waals surface area contributed by atoms with Crippen molar-refractivity contribution >= 4 is 59.0 Å². The number of alkyl halides is 3. The summed E-state index contributed by atoms with van der Waals surface area (Å²) in [4.78, 5) is 98.8. The molecule has 3 aromatic rings. The molecule has 364 valence electrons. The number of nitrogens with zero attached hydrogens (tertiary/aromatic N) is 3. The van der Waals surface area contributed by atoms with Gasteiger partial charge in [0.15, 0.2) is 0 Å². The quantitative estimate of drug-likeness (QED) is 0.0494. The molecule has 0 fully saturated rings. The Hall–Kier alpha value is -6.42. The van der Waals surface area contributed by atoms with E-state index in [9.17, 15) is 51.1 Å². The molecular weight excluding hydrogens is 912 g/mol. The standard InChI is InChI=1S/C43H52F2N6O8S.C2HF3O2/c1-43(2,3)41(35-21-29(33-22-31(44)10-12-34(33)45)24-49(35)23-28-8-5-4-6-9-28)50(19-7-16-46)39(56)27-60-26-30(20-32(52)11-15-40(57)58)42(59)48-18-17-47-36(53)25-51-37(54)13-14-38(51)55;3-2(4,5)1(6)7/h4-6,8-10,12-14,21-22,24,30,41H,7,11,15-20,23,25-27,46H2,1-3H3,(H,47,53)(H,48,59)(H,57,58);(H,6,7)/t30-,41-;/m0./s1. The summed E-state index contributed by atoms with van der Waals surface area (Å²) in [5.41, 5.74) is 7.49. The van der Waals surface area contributed by atoms with Crippen LogP contribution in [0.15, 0.2) is 72.9 Å². The van der Waals surface area contributed by atoms with E-state index >= 15 is 4.39 Å². The van der Waals surface area contributed by atoms with Gasteiger partial charge in [-0.25, -0.2) is 13.6 Å². The van der Waals surface area contributed by atoms with Crippen molar-refractivity contribution in [3.63, 3.8) is 0 Å². The predicted molar refractivity (Wildman–Crippen MR) is 236 cm³/mol. The number of aromatic nitrogens is 1. The van der Waals surface area contributed by atoms with Crippen LogP contribution < -0.4 is 16.4 Å². The number of nitrogens with one attached hydrogen (secondary N) is 2. The van der Waals surface area contributed by atoms with Gasteiger partial charge >= 0.3 is 18.1 Å². The Kier molecular flexibility index (Phi) is 20.9. The maximum absolute atomic E-state index is 15.2. The summed E-state index contributed by atoms with van der Waals surface area (Å²) in [5.74, 6) is -9.30. The summed E-state index contributed by atoms with van der Waals surface area (Å²) >= 11 is 1.13. The average Bonchev–Trinajstić information content (AvgIpc) is 3.80. The number of thioether (sulfide) groups is 1. The molecule has 67 heavy (non-hydrogen) atoms. The van der Waals surface area contributed by atoms with Gasteiger partial charge in [-0.05, 0) is 48.2 Å². The number of halogens is 5. The Labute approximate surface area is 387 Å². The van der Waals surface area contributed by atoms with E-state index in [1.54, 1.807) is 17.2 Å². The molecule has 4 rings (SSSR count). The molecule has 2 atom stereocenters. The van der Waals surface area contributed by atoms with Crippen LogP contribution in [0.1, 0.15) is 63.8 Å². The third-order valence-electron chi connectivity index (χ3n) is 9.90. The number of amides is 5. The summed E-state index contributed by atoms with van der Waals surface area (Å²) in [7, 11) is 0. The molecule has 1 aliphatic rings. The zero-order valence-electron chi connectivity index (χ0n) is 36.9. The minimum atomic E-state index is -5.08. The fraction of sp³-hybridized carbons (Fsp3) is 0.422. The first kappa shape index (κ1) is 54.9. The molecule has 16 nitrogen and oxygen atoms in total. The Balaban J connectivity index is 0.00000157. The van der Waals surface area contributed by atoms with Crippen LogP contribution >= 0.6 is 11.8 Å². The lowest BCUT2D eigenvalue weighted by Gasteiger charge is -2.41. The van der Waals surface area contributed by atoms with Crippen molar-refractivity contribution in [3.05, 3.63) is 95.8 Å². The van der Waals surface area contributed by atoms with Gasteiger partial charge in [0.25, 0.3) is 11.8 Å². The highest BCUT2D eigenvalue weighted by molar-refractivity contribution is 7.99. The number of carboxylic acids is 2. The zero-order chi connectivity index (χ0) is 50.1. The van der Waals surface area contributed by atoms with Gasteiger partial charge < -0.3 is 36.0 Å². The Morgan fingerprint density at radius 2 is 1.51 bits per heavy atom. The Bertz CT molecular complexity index is 2270. The van der Waals surface area contributed by atoms with Crippen LogP contribution in [0.4, 0.5) is 22.0 Å². The highest BCUT2D eigenvalue weighted by Crippen LogP contribution is 2.41. The number of carbonyl (C=O) groups excluding carboxylic acids is 6. The molecule has 0 bridgehead atoms. The van der Waals surface area contributed by atoms with E-state index in [0.29, 0.717) is 24.2 Å². The fourth-order valence-corrected chi connectivity index (χ4v) is 7.82. The number of nitrogens with two attached hydrogens (primary N) is 1. The SMILES string of the molecule is CC(C)(C)[C@H](c1cc(-c2cc(F)ccc2F)cn1Cc1ccccc1)N(CCCN)C(=O)CSC[C@H](CC(=O)CCC(=O)O)C(=O)NCCNC(=O)CN1C(=O)C=CC1=O.O=C(O)C(F)(F)F. The van der Waals surface area contributed by atoms with Crippen molar-refractivity contribution in [1.29, 1.82) is 0 Å². The first-order valence-electron chi connectivity index (χ1n) is 20.8. The molecule has 1 aliphatic heterocycles. The van der Waals surface area contributed by atoms with Crippen LogP contribution in [0, 0.1) is 23.0 Å². The monoisotopic (exact) mass is 964 g/mol. The summed E-state index contributed by atoms with van der Waals surface area (Å²) in [5, 5.41) is 21.4. The van der Waals surface area contributed by atoms with Crippen LogP contribution in [0.2, 0.25) is 0 Å². The van der Waals surface area contributed by atoms with Gasteiger partial charge in [-0.15, -0.1) is 0 Å². The van der Waals surface area contributed by atoms with Crippen LogP contribution in [0.3, 0.4) is 0 Å². The smallest absolute Gasteiger partial charge is 0.481 e. The molecule has 0 aliphatic carbocycles. The second-order valence-corrected chi connectivity index (χ2v) is 17.3. The van der Waals surface area contributed by atoms with Gasteiger partial charge in [0.1, 0.15) is 24.0 Å². The fourth-order valence-electron chi connectivity index (χ4n) is 6.81. The van der Waals surface area contributed by atoms with Crippen molar-refractivity contribution in [1.82, 2.24) is 25.0 Å². The minimum absolute atomic E-state index is 0.0211. The van der Waals surface area contributed by atoms with Gasteiger partial charge in [-0.2, -0.15) is 24.9 Å². The number of hydrogen-bond donors (Lipinski definition) is 5. The molecule has 6 N–H and O–H groups in total. The lowest BCUT2D eigenvalue weighted by molar-refractivity contribution is -0.192. The summed E-state index contributed by atoms with van der Waals surface area (Å²) < 4.78 is 63.3. The lowest BCUT2D eigenvalue weighted by Crippen LogP contribution is -2.44. The van der Waals surface area contributed by atoms with Crippen LogP contribution in [0.25, 0.3) is 11.1 Å². The number of rotatable bonds is 23. The zero-order valence-corrected chi connectivity index (χ0v) is 37.8. The van der Waals surface area contributed by atoms with Gasteiger partial charge in [0.05, 0.1) is 24.1 Å². The Morgan fingerprint density at radius 1 is 0.881 bits per heavy atom. The molecule has 5 amide bonds. The van der Waals surface area contributed by atoms with Gasteiger partial charge in [0.2, 0.25) is 17.7 Å². The Morgan fingerprint density at radius 3 is 2.09 bits per heavy atom. The lowest BCUT2D eigenvalue weighted by atomic mass is 9.83. The van der Waals surface area contributed by atoms with Gasteiger partial charge in [-0.3, -0.25) is 38.5 Å². The summed E-state index contributed by atoms with van der Waals surface area (Å²) in [6.45, 7) is 6.25. The molecule has 2 aromatic carbocycles. The molecule has 0 saturated carbocycles. The first-order chi connectivity index (χ1) is 31.4. The van der Waals surface area contributed by atoms with Crippen LogP contribution in [-0.2, 0) is 44.9 Å². The van der Waals surface area contributed by atoms with Crippen molar-refractivity contribution < 1.29 is 70.5 Å². The maximum Gasteiger partial charge on any atom is 0.490 e. The van der Waals surface area contributed by atoms with Crippen molar-refractivity contribution in [2.75, 3.05) is 44.2 Å². The van der Waals surface area contributed by atoms with E-state index in [-0.39, 0.29) is 62.0 Å². The molecule has 22 heteroatoms. The molecule has 0 unspecified atom stereocenters. The molecular formula is C45H53F5N6O10S. The molecule has 2 heterocycles. The van der Waals surface area contributed by atoms with Crippen molar-refractivity contribution in [2.24, 2.45) is 17.1 Å². The third kappa shape index (κ3) is 17.7. The van der Waals surface area contributed by atoms with Gasteiger partial charge in [-0.1, -0.05) is 51.1 Å². The number of hydrogen-bond acceptors (Lipinski definition) is 10. The maximum atomic E-state index is 15.2. The second kappa shape index (κ2) is 25.5. The molecule has 0 saturated heterocycles. The topological polar surface area (TPSA) is 239 Å². The number of benzene rings is 2.